The molecular weight excluding hydrogens is 494 g/mol. The minimum Gasteiger partial charge on any atom is -0.426 e. The van der Waals surface area contributed by atoms with E-state index < -0.39 is 24.5 Å². The second kappa shape index (κ2) is 11.2. The summed E-state index contributed by atoms with van der Waals surface area (Å²) in [6, 6.07) is 6.09. The molecule has 1 atom stereocenters. The molecule has 0 radical (unpaired) electrons. The Hall–Kier alpha value is -2.54. The fourth-order valence-corrected chi connectivity index (χ4v) is 4.53. The minimum atomic E-state index is -5.74. The highest BCUT2D eigenvalue weighted by Crippen LogP contribution is 2.36. The first-order valence-corrected chi connectivity index (χ1v) is 11.6. The second-order valence-electron chi connectivity index (χ2n) is 9.23. The van der Waals surface area contributed by atoms with Crippen molar-refractivity contribution in [2.75, 3.05) is 39.3 Å². The smallest absolute Gasteiger partial charge is 0.426 e. The molecule has 36 heavy (non-hydrogen) atoms. The Kier molecular flexibility index (Phi) is 8.75. The number of hydrogen-bond donors (Lipinski definition) is 1. The average molecular weight is 525 g/mol. The number of hydrogen-bond acceptors (Lipinski definition) is 5. The SMILES string of the molecule is CC(=O)N[C@H]1CCN(Cc2cccc(CN3CCN(C(=O)OC(C(F)(F)F)C(F)(F)F)CC3)c2C)C1. The predicted molar refractivity (Wildman–Crippen MR) is 118 cm³/mol. The quantitative estimate of drug-likeness (QED) is 0.578. The van der Waals surface area contributed by atoms with E-state index >= 15 is 0 Å². The highest BCUT2D eigenvalue weighted by Gasteiger charge is 2.60. The maximum Gasteiger partial charge on any atom is 0.434 e. The molecule has 7 nitrogen and oxygen atoms in total. The van der Waals surface area contributed by atoms with Crippen molar-refractivity contribution in [3.05, 3.63) is 34.9 Å². The molecule has 13 heteroatoms. The molecule has 2 aliphatic rings. The maximum atomic E-state index is 12.7. The average Bonchev–Trinajstić information content (AvgIpc) is 3.19. The Bertz CT molecular complexity index is 917. The van der Waals surface area contributed by atoms with E-state index in [-0.39, 0.29) is 38.1 Å². The number of alkyl halides is 6. The summed E-state index contributed by atoms with van der Waals surface area (Å²) in [5.41, 5.74) is 3.29. The van der Waals surface area contributed by atoms with Crippen LogP contribution in [0.5, 0.6) is 0 Å². The fourth-order valence-electron chi connectivity index (χ4n) is 4.53. The largest absolute Gasteiger partial charge is 0.434 e. The number of piperazine rings is 1. The number of benzene rings is 1. The molecule has 0 aliphatic carbocycles. The van der Waals surface area contributed by atoms with E-state index in [4.69, 9.17) is 0 Å². The Labute approximate surface area is 205 Å². The van der Waals surface area contributed by atoms with Crippen molar-refractivity contribution < 1.29 is 40.7 Å². The van der Waals surface area contributed by atoms with Gasteiger partial charge >= 0.3 is 18.4 Å². The van der Waals surface area contributed by atoms with Crippen LogP contribution in [0.4, 0.5) is 31.1 Å². The van der Waals surface area contributed by atoms with Gasteiger partial charge in [-0.15, -0.1) is 0 Å². The van der Waals surface area contributed by atoms with Crippen molar-refractivity contribution in [1.29, 1.82) is 0 Å². The summed E-state index contributed by atoms with van der Waals surface area (Å²) >= 11 is 0. The molecule has 0 spiro atoms. The molecule has 3 rings (SSSR count). The van der Waals surface area contributed by atoms with Crippen LogP contribution in [0.3, 0.4) is 0 Å². The first kappa shape index (κ1) is 28.0. The van der Waals surface area contributed by atoms with Crippen LogP contribution >= 0.6 is 0 Å². The summed E-state index contributed by atoms with van der Waals surface area (Å²) in [7, 11) is 0. The number of amides is 2. The second-order valence-corrected chi connectivity index (χ2v) is 9.23. The van der Waals surface area contributed by atoms with Gasteiger partial charge in [0.1, 0.15) is 0 Å². The molecule has 0 bridgehead atoms. The number of nitrogens with one attached hydrogen (secondary N) is 1. The molecule has 1 aromatic rings. The number of halogens is 6. The van der Waals surface area contributed by atoms with Gasteiger partial charge in [-0.05, 0) is 30.0 Å². The molecule has 2 saturated heterocycles. The molecule has 1 N–H and O–H groups in total. The summed E-state index contributed by atoms with van der Waals surface area (Å²) < 4.78 is 79.8. The van der Waals surface area contributed by atoms with Crippen LogP contribution in [0.1, 0.15) is 30.0 Å². The van der Waals surface area contributed by atoms with Gasteiger partial charge in [0.15, 0.2) is 0 Å². The minimum absolute atomic E-state index is 0.0433. The molecule has 0 unspecified atom stereocenters. The molecule has 0 saturated carbocycles. The van der Waals surface area contributed by atoms with Gasteiger partial charge in [0.2, 0.25) is 5.91 Å². The van der Waals surface area contributed by atoms with Gasteiger partial charge in [0, 0.05) is 65.3 Å². The van der Waals surface area contributed by atoms with Gasteiger partial charge in [-0.2, -0.15) is 26.3 Å². The van der Waals surface area contributed by atoms with E-state index in [1.165, 1.54) is 6.92 Å². The number of nitrogens with zero attached hydrogens (tertiary/aromatic N) is 3. The van der Waals surface area contributed by atoms with Crippen LogP contribution in [0.2, 0.25) is 0 Å². The lowest BCUT2D eigenvalue weighted by Gasteiger charge is -2.35. The summed E-state index contributed by atoms with van der Waals surface area (Å²) in [6.07, 6.45) is -16.4. The van der Waals surface area contributed by atoms with E-state index in [2.05, 4.69) is 15.0 Å². The molecule has 2 amide bonds. The molecular formula is C23H30F6N4O3. The fraction of sp³-hybridized carbons (Fsp3) is 0.652. The van der Waals surface area contributed by atoms with E-state index in [1.807, 2.05) is 30.0 Å². The lowest BCUT2D eigenvalue weighted by Crippen LogP contribution is -2.52. The Morgan fingerprint density at radius 1 is 0.972 bits per heavy atom. The number of ether oxygens (including phenoxy) is 1. The summed E-state index contributed by atoms with van der Waals surface area (Å²) in [5.74, 6) is -0.0473. The zero-order valence-electron chi connectivity index (χ0n) is 20.1. The van der Waals surface area contributed by atoms with Gasteiger partial charge in [-0.25, -0.2) is 4.79 Å². The number of rotatable bonds is 6. The van der Waals surface area contributed by atoms with Gasteiger partial charge in [0.25, 0.3) is 6.10 Å². The van der Waals surface area contributed by atoms with Crippen LogP contribution < -0.4 is 5.32 Å². The molecule has 0 aromatic heterocycles. The van der Waals surface area contributed by atoms with E-state index in [9.17, 15) is 35.9 Å². The lowest BCUT2D eigenvalue weighted by atomic mass is 10.0. The van der Waals surface area contributed by atoms with Crippen LogP contribution in [-0.4, -0.2) is 90.5 Å². The number of carbonyl (C=O) groups excluding carboxylic acids is 2. The van der Waals surface area contributed by atoms with E-state index in [0.717, 1.165) is 47.6 Å². The molecule has 2 aliphatic heterocycles. The van der Waals surface area contributed by atoms with Crippen molar-refractivity contribution in [1.82, 2.24) is 20.0 Å². The van der Waals surface area contributed by atoms with Crippen LogP contribution in [0.25, 0.3) is 0 Å². The molecule has 2 fully saturated rings. The summed E-state index contributed by atoms with van der Waals surface area (Å²) in [4.78, 5) is 28.4. The molecule has 202 valence electrons. The van der Waals surface area contributed by atoms with Crippen LogP contribution in [0.15, 0.2) is 18.2 Å². The van der Waals surface area contributed by atoms with E-state index in [1.54, 1.807) is 0 Å². The standard InChI is InChI=1S/C23H30F6N4O3/c1-15-17(4-3-5-18(15)13-32-7-6-19(14-32)30-16(2)34)12-31-8-10-33(11-9-31)21(35)36-20(22(24,25)26)23(27,28)29/h3-5,19-20H,6-14H2,1-2H3,(H,30,34)/t19-/m0/s1. The van der Waals surface area contributed by atoms with Crippen molar-refractivity contribution in [2.24, 2.45) is 0 Å². The monoisotopic (exact) mass is 524 g/mol. The van der Waals surface area contributed by atoms with Crippen LogP contribution in [-0.2, 0) is 22.6 Å². The molecule has 1 aromatic carbocycles. The normalized spacial score (nSPS) is 20.1. The van der Waals surface area contributed by atoms with Crippen molar-refractivity contribution in [3.63, 3.8) is 0 Å². The van der Waals surface area contributed by atoms with Gasteiger partial charge in [-0.1, -0.05) is 18.2 Å². The first-order valence-electron chi connectivity index (χ1n) is 11.6. The topological polar surface area (TPSA) is 65.1 Å². The predicted octanol–water partition coefficient (Wildman–Crippen LogP) is 3.45. The summed E-state index contributed by atoms with van der Waals surface area (Å²) in [5, 5.41) is 2.94. The number of carbonyl (C=O) groups is 2. The van der Waals surface area contributed by atoms with Gasteiger partial charge < -0.3 is 15.0 Å². The summed E-state index contributed by atoms with van der Waals surface area (Å²) in [6.45, 7) is 6.89. The van der Waals surface area contributed by atoms with E-state index in [0.29, 0.717) is 6.54 Å². The maximum absolute atomic E-state index is 12.7. The van der Waals surface area contributed by atoms with Crippen LogP contribution in [0, 0.1) is 6.92 Å². The van der Waals surface area contributed by atoms with Crippen molar-refractivity contribution in [2.45, 2.75) is 57.9 Å². The Balaban J connectivity index is 1.53. The third kappa shape index (κ3) is 7.48. The number of likely N-dealkylation sites (tertiary alicyclic amines) is 1. The lowest BCUT2D eigenvalue weighted by molar-refractivity contribution is -0.308. The zero-order valence-corrected chi connectivity index (χ0v) is 20.1. The highest BCUT2D eigenvalue weighted by molar-refractivity contribution is 5.73. The zero-order chi connectivity index (χ0) is 26.7. The van der Waals surface area contributed by atoms with Crippen molar-refractivity contribution in [3.8, 4) is 0 Å². The molecule has 2 heterocycles. The van der Waals surface area contributed by atoms with Gasteiger partial charge in [-0.3, -0.25) is 14.6 Å². The third-order valence-electron chi connectivity index (χ3n) is 6.47. The Morgan fingerprint density at radius 3 is 2.06 bits per heavy atom. The van der Waals surface area contributed by atoms with Gasteiger partial charge in [0.05, 0.1) is 0 Å². The Morgan fingerprint density at radius 2 is 1.53 bits per heavy atom. The highest BCUT2D eigenvalue weighted by atomic mass is 19.4. The van der Waals surface area contributed by atoms with Crippen molar-refractivity contribution >= 4 is 12.0 Å². The third-order valence-corrected chi connectivity index (χ3v) is 6.47. The first-order chi connectivity index (χ1) is 16.7.